The second-order valence-corrected chi connectivity index (χ2v) is 5.34. The van der Waals surface area contributed by atoms with Crippen molar-refractivity contribution in [3.8, 4) is 0 Å². The summed E-state index contributed by atoms with van der Waals surface area (Å²) < 4.78 is 2.46. The van der Waals surface area contributed by atoms with Crippen LogP contribution in [0.5, 0.6) is 0 Å². The van der Waals surface area contributed by atoms with E-state index in [-0.39, 0.29) is 0 Å². The Morgan fingerprint density at radius 2 is 2.42 bits per heavy atom. The molecular formula is C8H11BrINS. The maximum absolute atomic E-state index is 3.50. The summed E-state index contributed by atoms with van der Waals surface area (Å²) in [5.41, 5.74) is 0. The molecule has 0 fully saturated rings. The fraction of sp³-hybridized carbons (Fsp3) is 0.500. The Morgan fingerprint density at radius 3 is 3.00 bits per heavy atom. The van der Waals surface area contributed by atoms with E-state index in [1.54, 1.807) is 11.3 Å². The van der Waals surface area contributed by atoms with Crippen LogP contribution in [0.25, 0.3) is 0 Å². The van der Waals surface area contributed by atoms with Gasteiger partial charge in [0.25, 0.3) is 0 Å². The first-order valence-electron chi connectivity index (χ1n) is 3.83. The van der Waals surface area contributed by atoms with Crippen LogP contribution in [0.3, 0.4) is 0 Å². The Labute approximate surface area is 99.2 Å². The third-order valence-electron chi connectivity index (χ3n) is 1.46. The molecule has 1 nitrogen and oxygen atoms in total. The average Bonchev–Trinajstić information content (AvgIpc) is 2.46. The highest BCUT2D eigenvalue weighted by molar-refractivity contribution is 14.1. The van der Waals surface area contributed by atoms with Crippen LogP contribution in [0, 0.1) is 0 Å². The number of nitrogens with one attached hydrogen (secondary N) is 1. The quantitative estimate of drug-likeness (QED) is 0.482. The molecule has 0 bridgehead atoms. The van der Waals surface area contributed by atoms with Crippen LogP contribution in [0.15, 0.2) is 15.9 Å². The van der Waals surface area contributed by atoms with E-state index in [1.807, 2.05) is 0 Å². The van der Waals surface area contributed by atoms with Crippen molar-refractivity contribution < 1.29 is 0 Å². The van der Waals surface area contributed by atoms with E-state index in [1.165, 1.54) is 20.2 Å². The number of rotatable bonds is 5. The molecule has 0 spiro atoms. The topological polar surface area (TPSA) is 12.0 Å². The lowest BCUT2D eigenvalue weighted by Gasteiger charge is -2.00. The molecule has 0 aliphatic carbocycles. The lowest BCUT2D eigenvalue weighted by Crippen LogP contribution is -2.14. The van der Waals surface area contributed by atoms with Crippen LogP contribution in [-0.2, 0) is 6.54 Å². The van der Waals surface area contributed by atoms with Gasteiger partial charge in [0.2, 0.25) is 0 Å². The smallest absolute Gasteiger partial charge is 0.0327 e. The molecule has 0 unspecified atom stereocenters. The van der Waals surface area contributed by atoms with Gasteiger partial charge in [-0.2, -0.15) is 0 Å². The summed E-state index contributed by atoms with van der Waals surface area (Å²) in [5, 5.41) is 5.52. The minimum absolute atomic E-state index is 0.995. The molecule has 12 heavy (non-hydrogen) atoms. The zero-order valence-electron chi connectivity index (χ0n) is 6.65. The van der Waals surface area contributed by atoms with Crippen molar-refractivity contribution in [2.45, 2.75) is 13.0 Å². The van der Waals surface area contributed by atoms with Crippen molar-refractivity contribution in [1.29, 1.82) is 0 Å². The Hall–Kier alpha value is 0.870. The van der Waals surface area contributed by atoms with E-state index in [9.17, 15) is 0 Å². The van der Waals surface area contributed by atoms with Gasteiger partial charge in [0.15, 0.2) is 0 Å². The minimum Gasteiger partial charge on any atom is -0.312 e. The first-order chi connectivity index (χ1) is 5.84. The van der Waals surface area contributed by atoms with Gasteiger partial charge in [-0.15, -0.1) is 11.3 Å². The van der Waals surface area contributed by atoms with E-state index in [0.29, 0.717) is 0 Å². The molecule has 1 aromatic rings. The van der Waals surface area contributed by atoms with Crippen LogP contribution in [-0.4, -0.2) is 11.0 Å². The predicted molar refractivity (Wildman–Crippen MR) is 67.2 cm³/mol. The third-order valence-corrected chi connectivity index (χ3v) is 4.15. The SMILES string of the molecule is Brc1ccsc1CNCCCI. The molecule has 0 aliphatic heterocycles. The maximum Gasteiger partial charge on any atom is 0.0327 e. The maximum atomic E-state index is 3.50. The monoisotopic (exact) mass is 359 g/mol. The summed E-state index contributed by atoms with van der Waals surface area (Å²) in [6, 6.07) is 2.10. The summed E-state index contributed by atoms with van der Waals surface area (Å²) in [5.74, 6) is 0. The molecule has 1 aromatic heterocycles. The fourth-order valence-corrected chi connectivity index (χ4v) is 2.69. The number of alkyl halides is 1. The Bertz CT molecular complexity index is 227. The Kier molecular flexibility index (Phi) is 5.79. The highest BCUT2D eigenvalue weighted by Crippen LogP contribution is 2.21. The minimum atomic E-state index is 0.995. The van der Waals surface area contributed by atoms with Gasteiger partial charge in [0, 0.05) is 20.3 Å². The van der Waals surface area contributed by atoms with E-state index in [2.05, 4.69) is 55.3 Å². The third kappa shape index (κ3) is 3.72. The summed E-state index contributed by atoms with van der Waals surface area (Å²) in [6.45, 7) is 2.11. The second kappa shape index (κ2) is 6.34. The van der Waals surface area contributed by atoms with Gasteiger partial charge in [-0.05, 0) is 40.3 Å². The van der Waals surface area contributed by atoms with Crippen molar-refractivity contribution >= 4 is 49.9 Å². The van der Waals surface area contributed by atoms with Gasteiger partial charge in [-0.1, -0.05) is 22.6 Å². The van der Waals surface area contributed by atoms with Gasteiger partial charge in [0.05, 0.1) is 0 Å². The fourth-order valence-electron chi connectivity index (χ4n) is 0.845. The molecule has 0 atom stereocenters. The first kappa shape index (κ1) is 10.9. The summed E-state index contributed by atoms with van der Waals surface area (Å²) in [4.78, 5) is 1.39. The highest BCUT2D eigenvalue weighted by atomic mass is 127. The van der Waals surface area contributed by atoms with Gasteiger partial charge in [0.1, 0.15) is 0 Å². The lowest BCUT2D eigenvalue weighted by molar-refractivity contribution is 0.687. The van der Waals surface area contributed by atoms with Crippen LogP contribution in [0.1, 0.15) is 11.3 Å². The van der Waals surface area contributed by atoms with Crippen LogP contribution >= 0.6 is 49.9 Å². The summed E-state index contributed by atoms with van der Waals surface area (Å²) in [6.07, 6.45) is 1.25. The molecular weight excluding hydrogens is 349 g/mol. The van der Waals surface area contributed by atoms with Crippen molar-refractivity contribution in [3.05, 3.63) is 20.8 Å². The molecule has 0 saturated heterocycles. The standard InChI is InChI=1S/C8H11BrINS/c9-7-2-5-12-8(7)6-11-4-1-3-10/h2,5,11H,1,3-4,6H2. The number of hydrogen-bond donors (Lipinski definition) is 1. The summed E-state index contributed by atoms with van der Waals surface area (Å²) in [7, 11) is 0. The first-order valence-corrected chi connectivity index (χ1v) is 7.03. The lowest BCUT2D eigenvalue weighted by atomic mass is 10.4. The Morgan fingerprint density at radius 1 is 1.58 bits per heavy atom. The van der Waals surface area contributed by atoms with Crippen LogP contribution < -0.4 is 5.32 Å². The number of hydrogen-bond acceptors (Lipinski definition) is 2. The zero-order chi connectivity index (χ0) is 8.81. The summed E-state index contributed by atoms with van der Waals surface area (Å²) >= 11 is 7.70. The number of thiophene rings is 1. The molecule has 0 aliphatic rings. The normalized spacial score (nSPS) is 10.5. The van der Waals surface area contributed by atoms with E-state index in [4.69, 9.17) is 0 Å². The Balaban J connectivity index is 2.20. The highest BCUT2D eigenvalue weighted by Gasteiger charge is 1.98. The molecule has 1 rings (SSSR count). The van der Waals surface area contributed by atoms with E-state index < -0.39 is 0 Å². The van der Waals surface area contributed by atoms with E-state index >= 15 is 0 Å². The second-order valence-electron chi connectivity index (χ2n) is 2.41. The molecule has 0 saturated carbocycles. The van der Waals surface area contributed by atoms with Crippen LogP contribution in [0.2, 0.25) is 0 Å². The van der Waals surface area contributed by atoms with Crippen molar-refractivity contribution in [1.82, 2.24) is 5.32 Å². The average molecular weight is 360 g/mol. The molecule has 0 amide bonds. The molecule has 68 valence electrons. The largest absolute Gasteiger partial charge is 0.312 e. The van der Waals surface area contributed by atoms with Gasteiger partial charge in [-0.25, -0.2) is 0 Å². The van der Waals surface area contributed by atoms with Crippen molar-refractivity contribution in [3.63, 3.8) is 0 Å². The molecule has 0 aromatic carbocycles. The van der Waals surface area contributed by atoms with Crippen LogP contribution in [0.4, 0.5) is 0 Å². The van der Waals surface area contributed by atoms with Gasteiger partial charge < -0.3 is 5.32 Å². The van der Waals surface area contributed by atoms with Gasteiger partial charge >= 0.3 is 0 Å². The molecule has 4 heteroatoms. The zero-order valence-corrected chi connectivity index (χ0v) is 11.2. The molecule has 0 radical (unpaired) electrons. The molecule has 1 heterocycles. The predicted octanol–water partition coefficient (Wildman–Crippen LogP) is 3.43. The van der Waals surface area contributed by atoms with Gasteiger partial charge in [-0.3, -0.25) is 0 Å². The van der Waals surface area contributed by atoms with E-state index in [0.717, 1.165) is 13.1 Å². The van der Waals surface area contributed by atoms with Crippen molar-refractivity contribution in [2.75, 3.05) is 11.0 Å². The number of halogens is 2. The van der Waals surface area contributed by atoms with Crippen molar-refractivity contribution in [2.24, 2.45) is 0 Å². The molecule has 1 N–H and O–H groups in total.